The molecule has 1 saturated carbocycles. The number of amides is 2. The lowest BCUT2D eigenvalue weighted by molar-refractivity contribution is -0.127. The maximum absolute atomic E-state index is 12.6. The van der Waals surface area contributed by atoms with Crippen molar-refractivity contribution < 1.29 is 9.59 Å². The number of rotatable bonds is 5. The third kappa shape index (κ3) is 6.36. The number of carbonyl (C=O) groups excluding carboxylic acids is 2. The van der Waals surface area contributed by atoms with Crippen LogP contribution in [0.15, 0.2) is 18.2 Å². The second-order valence-corrected chi connectivity index (χ2v) is 8.74. The minimum absolute atomic E-state index is 0.0673. The molecule has 0 bridgehead atoms. The van der Waals surface area contributed by atoms with Crippen LogP contribution in [0.3, 0.4) is 0 Å². The molecule has 3 rings (SSSR count). The van der Waals surface area contributed by atoms with E-state index in [2.05, 4.69) is 15.5 Å². The first kappa shape index (κ1) is 21.4. The van der Waals surface area contributed by atoms with Gasteiger partial charge in [0.15, 0.2) is 0 Å². The Labute approximate surface area is 177 Å². The van der Waals surface area contributed by atoms with Crippen molar-refractivity contribution in [3.05, 3.63) is 28.2 Å². The van der Waals surface area contributed by atoms with E-state index < -0.39 is 0 Å². The molecule has 0 spiro atoms. The summed E-state index contributed by atoms with van der Waals surface area (Å²) in [5.41, 5.74) is 0.636. The Morgan fingerprint density at radius 1 is 0.964 bits per heavy atom. The summed E-state index contributed by atoms with van der Waals surface area (Å²) in [6.07, 6.45) is 8.84. The van der Waals surface area contributed by atoms with E-state index in [1.54, 1.807) is 18.2 Å². The number of carbonyl (C=O) groups is 2. The Balaban J connectivity index is 1.40. The number of halogens is 2. The van der Waals surface area contributed by atoms with Crippen molar-refractivity contribution in [2.75, 3.05) is 25.0 Å². The first-order valence-electron chi connectivity index (χ1n) is 10.3. The minimum Gasteiger partial charge on any atom is -0.353 e. The topological polar surface area (TPSA) is 61.4 Å². The molecule has 2 fully saturated rings. The fourth-order valence-electron chi connectivity index (χ4n) is 4.07. The van der Waals surface area contributed by atoms with Crippen LogP contribution in [-0.2, 0) is 9.59 Å². The van der Waals surface area contributed by atoms with Crippen molar-refractivity contribution in [1.29, 1.82) is 0 Å². The van der Waals surface area contributed by atoms with Crippen molar-refractivity contribution >= 4 is 40.7 Å². The largest absolute Gasteiger partial charge is 0.353 e. The minimum atomic E-state index is -0.0836. The van der Waals surface area contributed by atoms with Gasteiger partial charge < -0.3 is 10.6 Å². The number of piperidine rings is 1. The lowest BCUT2D eigenvalue weighted by atomic mass is 9.95. The fourth-order valence-corrected chi connectivity index (χ4v) is 4.37. The van der Waals surface area contributed by atoms with Gasteiger partial charge in [-0.2, -0.15) is 0 Å². The van der Waals surface area contributed by atoms with Crippen LogP contribution in [0, 0.1) is 5.92 Å². The van der Waals surface area contributed by atoms with Gasteiger partial charge in [0.05, 0.1) is 16.6 Å². The van der Waals surface area contributed by atoms with Crippen molar-refractivity contribution in [3.63, 3.8) is 0 Å². The molecule has 7 heteroatoms. The Bertz CT molecular complexity index is 682. The van der Waals surface area contributed by atoms with Crippen LogP contribution in [0.5, 0.6) is 0 Å². The number of benzene rings is 1. The van der Waals surface area contributed by atoms with Gasteiger partial charge in [0, 0.05) is 17.6 Å². The molecule has 1 saturated heterocycles. The molecular weight excluding hydrogens is 397 g/mol. The summed E-state index contributed by atoms with van der Waals surface area (Å²) in [7, 11) is 0. The highest BCUT2D eigenvalue weighted by molar-refractivity contribution is 6.42. The zero-order valence-corrected chi connectivity index (χ0v) is 17.7. The van der Waals surface area contributed by atoms with Gasteiger partial charge in [-0.3, -0.25) is 14.5 Å². The second-order valence-electron chi connectivity index (χ2n) is 7.92. The molecule has 2 aliphatic rings. The molecule has 2 amide bonds. The van der Waals surface area contributed by atoms with Gasteiger partial charge in [0.25, 0.3) is 0 Å². The van der Waals surface area contributed by atoms with Gasteiger partial charge in [0.2, 0.25) is 11.8 Å². The lowest BCUT2D eigenvalue weighted by Gasteiger charge is -2.31. The van der Waals surface area contributed by atoms with Gasteiger partial charge in [-0.15, -0.1) is 0 Å². The molecule has 0 aromatic heterocycles. The Hall–Kier alpha value is -1.30. The van der Waals surface area contributed by atoms with Crippen molar-refractivity contribution in [1.82, 2.24) is 10.2 Å². The van der Waals surface area contributed by atoms with Gasteiger partial charge in [-0.05, 0) is 57.0 Å². The van der Waals surface area contributed by atoms with Gasteiger partial charge in [-0.25, -0.2) is 0 Å². The number of nitrogens with zero attached hydrogens (tertiary/aromatic N) is 1. The summed E-state index contributed by atoms with van der Waals surface area (Å²) in [6, 6.07) is 5.39. The Kier molecular flexibility index (Phi) is 8.00. The van der Waals surface area contributed by atoms with Crippen LogP contribution in [0.25, 0.3) is 0 Å². The van der Waals surface area contributed by atoms with E-state index in [1.807, 2.05) is 0 Å². The van der Waals surface area contributed by atoms with E-state index >= 15 is 0 Å². The summed E-state index contributed by atoms with van der Waals surface area (Å²) >= 11 is 11.9. The zero-order valence-electron chi connectivity index (χ0n) is 16.2. The van der Waals surface area contributed by atoms with Crippen LogP contribution in [0.2, 0.25) is 10.0 Å². The van der Waals surface area contributed by atoms with Gasteiger partial charge in [0.1, 0.15) is 0 Å². The van der Waals surface area contributed by atoms with Gasteiger partial charge >= 0.3 is 0 Å². The first-order chi connectivity index (χ1) is 13.5. The summed E-state index contributed by atoms with van der Waals surface area (Å²) in [5.74, 6) is 0.184. The Morgan fingerprint density at radius 2 is 1.64 bits per heavy atom. The van der Waals surface area contributed by atoms with E-state index in [0.717, 1.165) is 38.8 Å². The summed E-state index contributed by atoms with van der Waals surface area (Å²) in [6.45, 7) is 1.84. The summed E-state index contributed by atoms with van der Waals surface area (Å²) in [5, 5.41) is 6.99. The molecule has 2 N–H and O–H groups in total. The standard InChI is InChI=1S/C21H29Cl2N3O2/c22-18-8-7-17(13-19(18)23)24-20(27)14-26-11-9-15(10-12-26)21(28)25-16-5-3-1-2-4-6-16/h7-8,13,15-16H,1-6,9-12,14H2,(H,24,27)(H,25,28). The average Bonchev–Trinajstić information content (AvgIpc) is 2.94. The molecule has 5 nitrogen and oxygen atoms in total. The second kappa shape index (κ2) is 10.5. The third-order valence-electron chi connectivity index (χ3n) is 5.73. The van der Waals surface area contributed by atoms with Crippen molar-refractivity contribution in [2.45, 2.75) is 57.4 Å². The fraction of sp³-hybridized carbons (Fsp3) is 0.619. The highest BCUT2D eigenvalue weighted by atomic mass is 35.5. The number of hydrogen-bond acceptors (Lipinski definition) is 3. The molecule has 154 valence electrons. The highest BCUT2D eigenvalue weighted by Crippen LogP contribution is 2.25. The SMILES string of the molecule is O=C(CN1CCC(C(=O)NC2CCCCCC2)CC1)Nc1ccc(Cl)c(Cl)c1. The number of anilines is 1. The predicted molar refractivity (Wildman–Crippen MR) is 114 cm³/mol. The molecule has 1 aliphatic carbocycles. The quantitative estimate of drug-likeness (QED) is 0.683. The van der Waals surface area contributed by atoms with Crippen LogP contribution in [-0.4, -0.2) is 42.4 Å². The molecule has 0 radical (unpaired) electrons. The van der Waals surface area contributed by atoms with Crippen LogP contribution in [0.1, 0.15) is 51.4 Å². The molecule has 28 heavy (non-hydrogen) atoms. The first-order valence-corrected chi connectivity index (χ1v) is 11.0. The van der Waals surface area contributed by atoms with E-state index in [4.69, 9.17) is 23.2 Å². The monoisotopic (exact) mass is 425 g/mol. The zero-order chi connectivity index (χ0) is 19.9. The van der Waals surface area contributed by atoms with Gasteiger partial charge in [-0.1, -0.05) is 48.9 Å². The van der Waals surface area contributed by atoms with Crippen LogP contribution < -0.4 is 10.6 Å². The molecule has 1 aliphatic heterocycles. The predicted octanol–water partition coefficient (Wildman–Crippen LogP) is 4.48. The van der Waals surface area contributed by atoms with E-state index in [0.29, 0.717) is 28.3 Å². The third-order valence-corrected chi connectivity index (χ3v) is 6.47. The summed E-state index contributed by atoms with van der Waals surface area (Å²) in [4.78, 5) is 27.0. The van der Waals surface area contributed by atoms with E-state index in [1.165, 1.54) is 25.7 Å². The normalized spacial score (nSPS) is 19.8. The molecule has 1 aromatic rings. The molecule has 0 atom stereocenters. The van der Waals surface area contributed by atoms with Crippen LogP contribution >= 0.6 is 23.2 Å². The van der Waals surface area contributed by atoms with Crippen LogP contribution in [0.4, 0.5) is 5.69 Å². The molecule has 1 aromatic carbocycles. The number of hydrogen-bond donors (Lipinski definition) is 2. The highest BCUT2D eigenvalue weighted by Gasteiger charge is 2.27. The maximum atomic E-state index is 12.6. The Morgan fingerprint density at radius 3 is 2.29 bits per heavy atom. The average molecular weight is 426 g/mol. The lowest BCUT2D eigenvalue weighted by Crippen LogP contribution is -2.45. The van der Waals surface area contributed by atoms with E-state index in [9.17, 15) is 9.59 Å². The smallest absolute Gasteiger partial charge is 0.238 e. The molecule has 0 unspecified atom stereocenters. The van der Waals surface area contributed by atoms with E-state index in [-0.39, 0.29) is 17.7 Å². The number of nitrogens with one attached hydrogen (secondary N) is 2. The number of likely N-dealkylation sites (tertiary alicyclic amines) is 1. The molecular formula is C21H29Cl2N3O2. The summed E-state index contributed by atoms with van der Waals surface area (Å²) < 4.78 is 0. The maximum Gasteiger partial charge on any atom is 0.238 e. The van der Waals surface area contributed by atoms with Crippen molar-refractivity contribution in [3.8, 4) is 0 Å². The van der Waals surface area contributed by atoms with Crippen molar-refractivity contribution in [2.24, 2.45) is 5.92 Å². The molecule has 1 heterocycles.